The van der Waals surface area contributed by atoms with E-state index in [4.69, 9.17) is 4.98 Å². The lowest BCUT2D eigenvalue weighted by Crippen LogP contribution is -2.31. The predicted molar refractivity (Wildman–Crippen MR) is 128 cm³/mol. The summed E-state index contributed by atoms with van der Waals surface area (Å²) in [5.41, 5.74) is 4.24. The maximum atomic E-state index is 13.3. The Kier molecular flexibility index (Phi) is 6.85. The van der Waals surface area contributed by atoms with Gasteiger partial charge < -0.3 is 9.47 Å². The van der Waals surface area contributed by atoms with Gasteiger partial charge in [0.2, 0.25) is 5.91 Å². The van der Waals surface area contributed by atoms with Crippen molar-refractivity contribution in [1.29, 1.82) is 0 Å². The topological polar surface area (TPSA) is 38.1 Å². The molecule has 3 aromatic carbocycles. The number of thioether (sulfide) groups is 1. The minimum absolute atomic E-state index is 0.0925. The van der Waals surface area contributed by atoms with Gasteiger partial charge in [0.1, 0.15) is 0 Å². The number of aromatic nitrogens is 2. The van der Waals surface area contributed by atoms with Gasteiger partial charge in [-0.15, -0.1) is 6.58 Å². The molecule has 0 aliphatic carbocycles. The smallest absolute Gasteiger partial charge is 0.233 e. The van der Waals surface area contributed by atoms with Crippen LogP contribution in [0.3, 0.4) is 0 Å². The molecular formula is C26H25N3OS. The molecule has 0 saturated heterocycles. The standard InChI is InChI=1S/C26H25N3OS/c1-2-17-29-24-16-10-9-15-23(24)27-26(29)31-20-25(30)28(18-21-11-5-3-6-12-21)19-22-13-7-4-8-14-22/h2-16H,1,17-20H2. The van der Waals surface area contributed by atoms with E-state index in [1.807, 2.05) is 65.6 Å². The summed E-state index contributed by atoms with van der Waals surface area (Å²) in [6.07, 6.45) is 1.86. The largest absolute Gasteiger partial charge is 0.333 e. The van der Waals surface area contributed by atoms with Crippen molar-refractivity contribution in [2.45, 2.75) is 24.8 Å². The zero-order valence-electron chi connectivity index (χ0n) is 17.4. The van der Waals surface area contributed by atoms with Gasteiger partial charge >= 0.3 is 0 Å². The molecule has 156 valence electrons. The Morgan fingerprint density at radius 3 is 2.10 bits per heavy atom. The molecule has 4 nitrogen and oxygen atoms in total. The van der Waals surface area contributed by atoms with Gasteiger partial charge in [0, 0.05) is 19.6 Å². The molecule has 0 fully saturated rings. The number of fused-ring (bicyclic) bond motifs is 1. The van der Waals surface area contributed by atoms with E-state index in [1.54, 1.807) is 0 Å². The Morgan fingerprint density at radius 1 is 0.903 bits per heavy atom. The van der Waals surface area contributed by atoms with E-state index in [2.05, 4.69) is 41.5 Å². The number of allylic oxidation sites excluding steroid dienone is 1. The van der Waals surface area contributed by atoms with E-state index >= 15 is 0 Å². The second-order valence-corrected chi connectivity index (χ2v) is 8.23. The van der Waals surface area contributed by atoms with Crippen molar-refractivity contribution in [1.82, 2.24) is 14.5 Å². The second-order valence-electron chi connectivity index (χ2n) is 7.29. The van der Waals surface area contributed by atoms with Crippen LogP contribution >= 0.6 is 11.8 Å². The summed E-state index contributed by atoms with van der Waals surface area (Å²) in [6.45, 7) is 5.69. The maximum Gasteiger partial charge on any atom is 0.233 e. The third-order valence-corrected chi connectivity index (χ3v) is 6.00. The Labute approximate surface area is 187 Å². The van der Waals surface area contributed by atoms with Gasteiger partial charge in [0.15, 0.2) is 5.16 Å². The molecule has 0 aliphatic heterocycles. The van der Waals surface area contributed by atoms with Crippen LogP contribution in [0.15, 0.2) is 103 Å². The molecule has 1 aromatic heterocycles. The van der Waals surface area contributed by atoms with Crippen LogP contribution in [0.2, 0.25) is 0 Å². The van der Waals surface area contributed by atoms with Crippen molar-refractivity contribution < 1.29 is 4.79 Å². The van der Waals surface area contributed by atoms with Gasteiger partial charge in [-0.05, 0) is 23.3 Å². The van der Waals surface area contributed by atoms with Gasteiger partial charge in [-0.2, -0.15) is 0 Å². The van der Waals surface area contributed by atoms with Crippen molar-refractivity contribution in [3.05, 3.63) is 109 Å². The molecule has 0 atom stereocenters. The summed E-state index contributed by atoms with van der Waals surface area (Å²) in [7, 11) is 0. The fourth-order valence-electron chi connectivity index (χ4n) is 3.53. The fourth-order valence-corrected chi connectivity index (χ4v) is 4.45. The number of carbonyl (C=O) groups excluding carboxylic acids is 1. The van der Waals surface area contributed by atoms with Crippen molar-refractivity contribution in [3.63, 3.8) is 0 Å². The minimum Gasteiger partial charge on any atom is -0.333 e. The van der Waals surface area contributed by atoms with E-state index in [0.29, 0.717) is 25.4 Å². The first-order valence-electron chi connectivity index (χ1n) is 10.3. The monoisotopic (exact) mass is 427 g/mol. The normalized spacial score (nSPS) is 10.8. The Morgan fingerprint density at radius 2 is 1.48 bits per heavy atom. The summed E-state index contributed by atoms with van der Waals surface area (Å²) >= 11 is 1.48. The first-order chi connectivity index (χ1) is 15.2. The van der Waals surface area contributed by atoms with Crippen LogP contribution in [-0.2, 0) is 24.4 Å². The third-order valence-electron chi connectivity index (χ3n) is 5.04. The van der Waals surface area contributed by atoms with E-state index in [-0.39, 0.29) is 5.91 Å². The predicted octanol–water partition coefficient (Wildman–Crippen LogP) is 5.54. The molecule has 4 aromatic rings. The van der Waals surface area contributed by atoms with Crippen molar-refractivity contribution in [2.75, 3.05) is 5.75 Å². The molecule has 0 saturated carbocycles. The number of imidazole rings is 1. The van der Waals surface area contributed by atoms with Crippen LogP contribution in [-0.4, -0.2) is 26.1 Å². The quantitative estimate of drug-likeness (QED) is 0.260. The summed E-state index contributed by atoms with van der Waals surface area (Å²) in [5, 5.41) is 0.842. The van der Waals surface area contributed by atoms with E-state index < -0.39 is 0 Å². The van der Waals surface area contributed by atoms with Crippen LogP contribution in [0.5, 0.6) is 0 Å². The van der Waals surface area contributed by atoms with Gasteiger partial charge in [0.25, 0.3) is 0 Å². The van der Waals surface area contributed by atoms with Gasteiger partial charge in [-0.1, -0.05) is 90.6 Å². The van der Waals surface area contributed by atoms with E-state index in [0.717, 1.165) is 27.3 Å². The highest BCUT2D eigenvalue weighted by Crippen LogP contribution is 2.25. The van der Waals surface area contributed by atoms with Gasteiger partial charge in [-0.25, -0.2) is 4.98 Å². The number of nitrogens with zero attached hydrogens (tertiary/aromatic N) is 3. The molecule has 31 heavy (non-hydrogen) atoms. The first-order valence-corrected chi connectivity index (χ1v) is 11.3. The Hall–Kier alpha value is -3.31. The summed E-state index contributed by atoms with van der Waals surface area (Å²) in [4.78, 5) is 19.9. The maximum absolute atomic E-state index is 13.3. The van der Waals surface area contributed by atoms with Crippen LogP contribution in [0.25, 0.3) is 11.0 Å². The highest BCUT2D eigenvalue weighted by molar-refractivity contribution is 7.99. The molecule has 5 heteroatoms. The summed E-state index contributed by atoms with van der Waals surface area (Å²) < 4.78 is 2.11. The van der Waals surface area contributed by atoms with Crippen LogP contribution in [0.1, 0.15) is 11.1 Å². The molecular weight excluding hydrogens is 402 g/mol. The number of para-hydroxylation sites is 2. The molecule has 1 heterocycles. The molecule has 4 rings (SSSR count). The molecule has 0 bridgehead atoms. The fraction of sp³-hybridized carbons (Fsp3) is 0.154. The summed E-state index contributed by atoms with van der Waals surface area (Å²) in [5.74, 6) is 0.426. The zero-order valence-corrected chi connectivity index (χ0v) is 18.2. The van der Waals surface area contributed by atoms with E-state index in [9.17, 15) is 4.79 Å². The highest BCUT2D eigenvalue weighted by atomic mass is 32.2. The molecule has 0 aliphatic rings. The number of benzene rings is 3. The van der Waals surface area contributed by atoms with Gasteiger partial charge in [-0.3, -0.25) is 4.79 Å². The number of amides is 1. The second kappa shape index (κ2) is 10.1. The molecule has 0 unspecified atom stereocenters. The minimum atomic E-state index is 0.0925. The SMILES string of the molecule is C=CCn1c(SCC(=O)N(Cc2ccccc2)Cc2ccccc2)nc2ccccc21. The van der Waals surface area contributed by atoms with Crippen LogP contribution in [0.4, 0.5) is 0 Å². The average Bonchev–Trinajstić information content (AvgIpc) is 3.16. The molecule has 0 radical (unpaired) electrons. The number of rotatable bonds is 9. The third kappa shape index (κ3) is 5.25. The van der Waals surface area contributed by atoms with Crippen molar-refractivity contribution >= 4 is 28.7 Å². The van der Waals surface area contributed by atoms with Crippen molar-refractivity contribution in [3.8, 4) is 0 Å². The zero-order chi connectivity index (χ0) is 21.5. The lowest BCUT2D eigenvalue weighted by molar-refractivity contribution is -0.129. The van der Waals surface area contributed by atoms with E-state index in [1.165, 1.54) is 11.8 Å². The lowest BCUT2D eigenvalue weighted by Gasteiger charge is -2.23. The van der Waals surface area contributed by atoms with Gasteiger partial charge in [0.05, 0.1) is 16.8 Å². The van der Waals surface area contributed by atoms with Crippen LogP contribution in [0, 0.1) is 0 Å². The molecule has 0 spiro atoms. The molecule has 0 N–H and O–H groups in total. The Bertz CT molecular complexity index is 1110. The number of carbonyl (C=O) groups is 1. The Balaban J connectivity index is 1.52. The highest BCUT2D eigenvalue weighted by Gasteiger charge is 2.17. The molecule has 1 amide bonds. The van der Waals surface area contributed by atoms with Crippen molar-refractivity contribution in [2.24, 2.45) is 0 Å². The lowest BCUT2D eigenvalue weighted by atomic mass is 10.1. The summed E-state index contributed by atoms with van der Waals surface area (Å²) in [6, 6.07) is 28.3. The average molecular weight is 428 g/mol. The number of hydrogen-bond donors (Lipinski definition) is 0. The van der Waals surface area contributed by atoms with Crippen LogP contribution < -0.4 is 0 Å². The number of hydrogen-bond acceptors (Lipinski definition) is 3. The first kappa shape index (κ1) is 20.9.